The standard InChI is InChI=1S/C19H26O/c1-18-8-6-13-11-19(13,18)17-5-2-12-10-14(20)3-4-15(12)16(17)7-9-18/h10,13,15-17H,2-9,11H2,1H3. The molecule has 0 saturated heterocycles. The van der Waals surface area contributed by atoms with Crippen LogP contribution in [0.25, 0.3) is 0 Å². The summed E-state index contributed by atoms with van der Waals surface area (Å²) in [5.41, 5.74) is 2.98. The molecule has 1 nitrogen and oxygen atoms in total. The summed E-state index contributed by atoms with van der Waals surface area (Å²) in [6.45, 7) is 2.62. The lowest BCUT2D eigenvalue weighted by Crippen LogP contribution is -2.47. The van der Waals surface area contributed by atoms with Crippen molar-refractivity contribution in [3.63, 3.8) is 0 Å². The predicted molar refractivity (Wildman–Crippen MR) is 79.1 cm³/mol. The normalized spacial score (nSPS) is 56.2. The first-order valence-electron chi connectivity index (χ1n) is 8.87. The van der Waals surface area contributed by atoms with Gasteiger partial charge in [-0.05, 0) is 91.9 Å². The third-order valence-corrected chi connectivity index (χ3v) is 8.31. The van der Waals surface area contributed by atoms with E-state index in [4.69, 9.17) is 0 Å². The molecular weight excluding hydrogens is 244 g/mol. The van der Waals surface area contributed by atoms with Crippen molar-refractivity contribution in [2.24, 2.45) is 34.5 Å². The van der Waals surface area contributed by atoms with E-state index in [2.05, 4.69) is 6.92 Å². The number of ketones is 1. The molecular formula is C19H26O. The molecule has 0 radical (unpaired) electrons. The Labute approximate surface area is 122 Å². The Morgan fingerprint density at radius 1 is 1.10 bits per heavy atom. The monoisotopic (exact) mass is 270 g/mol. The molecule has 1 spiro atoms. The van der Waals surface area contributed by atoms with Gasteiger partial charge in [-0.2, -0.15) is 0 Å². The van der Waals surface area contributed by atoms with E-state index < -0.39 is 0 Å². The summed E-state index contributed by atoms with van der Waals surface area (Å²) in [6.07, 6.45) is 14.2. The highest BCUT2D eigenvalue weighted by Gasteiger charge is 2.73. The summed E-state index contributed by atoms with van der Waals surface area (Å²) < 4.78 is 0. The van der Waals surface area contributed by atoms with Gasteiger partial charge in [-0.3, -0.25) is 4.79 Å². The van der Waals surface area contributed by atoms with Crippen molar-refractivity contribution in [1.82, 2.24) is 0 Å². The predicted octanol–water partition coefficient (Wildman–Crippen LogP) is 4.52. The summed E-state index contributed by atoms with van der Waals surface area (Å²) in [4.78, 5) is 11.7. The van der Waals surface area contributed by atoms with Gasteiger partial charge in [-0.25, -0.2) is 0 Å². The lowest BCUT2D eigenvalue weighted by atomic mass is 9.50. The van der Waals surface area contributed by atoms with Gasteiger partial charge in [0.15, 0.2) is 5.78 Å². The molecule has 108 valence electrons. The van der Waals surface area contributed by atoms with E-state index in [1.165, 1.54) is 50.5 Å². The number of allylic oxidation sites excluding steroid dienone is 1. The lowest BCUT2D eigenvalue weighted by Gasteiger charge is -2.54. The van der Waals surface area contributed by atoms with Crippen LogP contribution >= 0.6 is 0 Å². The third kappa shape index (κ3) is 1.24. The first-order chi connectivity index (χ1) is 9.64. The van der Waals surface area contributed by atoms with E-state index in [1.807, 2.05) is 6.08 Å². The van der Waals surface area contributed by atoms with Crippen LogP contribution in [-0.4, -0.2) is 5.78 Å². The molecule has 5 aliphatic carbocycles. The first kappa shape index (κ1) is 12.0. The molecule has 5 aliphatic rings. The van der Waals surface area contributed by atoms with E-state index in [0.717, 1.165) is 35.5 Å². The molecule has 5 rings (SSSR count). The number of fused-ring (bicyclic) bond motifs is 3. The largest absolute Gasteiger partial charge is 0.295 e. The molecule has 20 heavy (non-hydrogen) atoms. The van der Waals surface area contributed by atoms with Gasteiger partial charge in [-0.1, -0.05) is 12.5 Å². The quantitative estimate of drug-likeness (QED) is 0.632. The number of rotatable bonds is 0. The van der Waals surface area contributed by atoms with Crippen molar-refractivity contribution in [2.45, 2.75) is 64.7 Å². The Bertz CT molecular complexity index is 518. The van der Waals surface area contributed by atoms with Gasteiger partial charge >= 0.3 is 0 Å². The van der Waals surface area contributed by atoms with Crippen molar-refractivity contribution < 1.29 is 4.79 Å². The maximum absolute atomic E-state index is 11.7. The van der Waals surface area contributed by atoms with Gasteiger partial charge in [0.1, 0.15) is 0 Å². The zero-order valence-corrected chi connectivity index (χ0v) is 12.7. The Morgan fingerprint density at radius 2 is 1.95 bits per heavy atom. The fraction of sp³-hybridized carbons (Fsp3) is 0.842. The van der Waals surface area contributed by atoms with Crippen molar-refractivity contribution in [2.75, 3.05) is 0 Å². The Morgan fingerprint density at radius 3 is 2.80 bits per heavy atom. The SMILES string of the molecule is CC12CCC3C4CCC(=O)C=C4CCC3C13CC3CC2. The van der Waals surface area contributed by atoms with Crippen molar-refractivity contribution >= 4 is 5.78 Å². The molecule has 0 N–H and O–H groups in total. The van der Waals surface area contributed by atoms with Crippen molar-refractivity contribution in [3.8, 4) is 0 Å². The summed E-state index contributed by atoms with van der Waals surface area (Å²) in [6, 6.07) is 0. The van der Waals surface area contributed by atoms with Crippen LogP contribution in [0.15, 0.2) is 11.6 Å². The van der Waals surface area contributed by atoms with Gasteiger partial charge in [0.05, 0.1) is 0 Å². The molecule has 0 aromatic heterocycles. The van der Waals surface area contributed by atoms with Crippen LogP contribution in [0.3, 0.4) is 0 Å². The van der Waals surface area contributed by atoms with Crippen LogP contribution in [0.5, 0.6) is 0 Å². The second-order valence-corrected chi connectivity index (χ2v) is 8.72. The molecule has 0 aromatic rings. The minimum absolute atomic E-state index is 0.402. The summed E-state index contributed by atoms with van der Waals surface area (Å²) in [7, 11) is 0. The van der Waals surface area contributed by atoms with Crippen LogP contribution in [-0.2, 0) is 4.79 Å². The van der Waals surface area contributed by atoms with Gasteiger partial charge in [0, 0.05) is 6.42 Å². The zero-order valence-electron chi connectivity index (χ0n) is 12.7. The molecule has 6 atom stereocenters. The average molecular weight is 270 g/mol. The van der Waals surface area contributed by atoms with Crippen LogP contribution in [0.1, 0.15) is 64.7 Å². The average Bonchev–Trinajstić information content (AvgIpc) is 3.10. The molecule has 0 heterocycles. The highest BCUT2D eigenvalue weighted by molar-refractivity contribution is 5.91. The zero-order chi connectivity index (χ0) is 13.5. The van der Waals surface area contributed by atoms with E-state index in [1.54, 1.807) is 6.42 Å². The van der Waals surface area contributed by atoms with E-state index in [9.17, 15) is 4.79 Å². The minimum Gasteiger partial charge on any atom is -0.295 e. The van der Waals surface area contributed by atoms with E-state index in [-0.39, 0.29) is 0 Å². The minimum atomic E-state index is 0.402. The van der Waals surface area contributed by atoms with E-state index in [0.29, 0.717) is 11.2 Å². The third-order valence-electron chi connectivity index (χ3n) is 8.31. The number of carbonyl (C=O) groups excluding carboxylic acids is 1. The Balaban J connectivity index is 1.52. The molecule has 1 heteroatoms. The fourth-order valence-electron chi connectivity index (χ4n) is 7.39. The van der Waals surface area contributed by atoms with Gasteiger partial charge in [0.25, 0.3) is 0 Å². The molecule has 0 amide bonds. The van der Waals surface area contributed by atoms with Crippen LogP contribution in [0, 0.1) is 34.5 Å². The molecule has 4 fully saturated rings. The lowest BCUT2D eigenvalue weighted by molar-refractivity contribution is -0.116. The second-order valence-electron chi connectivity index (χ2n) is 8.72. The van der Waals surface area contributed by atoms with E-state index >= 15 is 0 Å². The van der Waals surface area contributed by atoms with Crippen LogP contribution in [0.4, 0.5) is 0 Å². The number of hydrogen-bond acceptors (Lipinski definition) is 1. The maximum Gasteiger partial charge on any atom is 0.155 e. The molecule has 0 bridgehead atoms. The summed E-state index contributed by atoms with van der Waals surface area (Å²) >= 11 is 0. The van der Waals surface area contributed by atoms with Crippen LogP contribution in [0.2, 0.25) is 0 Å². The highest BCUT2D eigenvalue weighted by Crippen LogP contribution is 2.81. The summed E-state index contributed by atoms with van der Waals surface area (Å²) in [5, 5.41) is 0. The van der Waals surface area contributed by atoms with Crippen molar-refractivity contribution in [1.29, 1.82) is 0 Å². The molecule has 4 saturated carbocycles. The molecule has 6 unspecified atom stereocenters. The fourth-order valence-corrected chi connectivity index (χ4v) is 7.39. The van der Waals surface area contributed by atoms with Crippen LogP contribution < -0.4 is 0 Å². The Kier molecular flexibility index (Phi) is 2.16. The second kappa shape index (κ2) is 3.59. The Hall–Kier alpha value is -0.590. The van der Waals surface area contributed by atoms with Gasteiger partial charge in [-0.15, -0.1) is 0 Å². The van der Waals surface area contributed by atoms with Gasteiger partial charge in [0.2, 0.25) is 0 Å². The molecule has 0 aliphatic heterocycles. The maximum atomic E-state index is 11.7. The topological polar surface area (TPSA) is 17.1 Å². The summed E-state index contributed by atoms with van der Waals surface area (Å²) in [5.74, 6) is 4.20. The number of carbonyl (C=O) groups is 1. The highest BCUT2D eigenvalue weighted by atomic mass is 16.1. The molecule has 0 aromatic carbocycles. The smallest absolute Gasteiger partial charge is 0.155 e. The van der Waals surface area contributed by atoms with Gasteiger partial charge < -0.3 is 0 Å². The first-order valence-corrected chi connectivity index (χ1v) is 8.87. The van der Waals surface area contributed by atoms with Crippen molar-refractivity contribution in [3.05, 3.63) is 11.6 Å². The number of hydrogen-bond donors (Lipinski definition) is 0.